The first-order valence-corrected chi connectivity index (χ1v) is 10.3. The van der Waals surface area contributed by atoms with Crippen LogP contribution in [0, 0.1) is 5.92 Å². The number of carboxylic acids is 2. The van der Waals surface area contributed by atoms with Crippen molar-refractivity contribution in [2.24, 2.45) is 17.4 Å². The Morgan fingerprint density at radius 3 is 1.88 bits per heavy atom. The predicted molar refractivity (Wildman–Crippen MR) is 113 cm³/mol. The molecule has 14 heteroatoms. The van der Waals surface area contributed by atoms with E-state index in [1.807, 2.05) is 5.32 Å². The number of rotatable bonds is 16. The smallest absolute Gasteiger partial charge is 0.328 e. The molecule has 0 saturated carbocycles. The first kappa shape index (κ1) is 29.7. The summed E-state index contributed by atoms with van der Waals surface area (Å²) < 4.78 is 0. The van der Waals surface area contributed by atoms with Crippen LogP contribution in [0.25, 0.3) is 0 Å². The van der Waals surface area contributed by atoms with E-state index in [1.165, 1.54) is 0 Å². The second-order valence-corrected chi connectivity index (χ2v) is 7.56. The van der Waals surface area contributed by atoms with Gasteiger partial charge in [-0.2, -0.15) is 0 Å². The van der Waals surface area contributed by atoms with Crippen LogP contribution in [0.3, 0.4) is 0 Å². The van der Waals surface area contributed by atoms with E-state index in [1.54, 1.807) is 13.8 Å². The molecule has 0 spiro atoms. The van der Waals surface area contributed by atoms with Crippen LogP contribution in [-0.2, 0) is 28.8 Å². The number of amides is 4. The molecule has 0 aromatic heterocycles. The van der Waals surface area contributed by atoms with Gasteiger partial charge in [0.1, 0.15) is 18.1 Å². The zero-order chi connectivity index (χ0) is 25.7. The van der Waals surface area contributed by atoms with Crippen molar-refractivity contribution < 1.29 is 44.1 Å². The molecule has 5 unspecified atom stereocenters. The summed E-state index contributed by atoms with van der Waals surface area (Å²) in [6.07, 6.45) is -0.636. The summed E-state index contributed by atoms with van der Waals surface area (Å²) in [7, 11) is 0. The van der Waals surface area contributed by atoms with Gasteiger partial charge >= 0.3 is 11.9 Å². The van der Waals surface area contributed by atoms with Gasteiger partial charge in [-0.25, -0.2) is 4.79 Å². The van der Waals surface area contributed by atoms with Gasteiger partial charge < -0.3 is 42.7 Å². The summed E-state index contributed by atoms with van der Waals surface area (Å²) in [6.45, 7) is 2.49. The molecule has 5 atom stereocenters. The van der Waals surface area contributed by atoms with Crippen molar-refractivity contribution in [2.45, 2.75) is 70.1 Å². The van der Waals surface area contributed by atoms with Gasteiger partial charge in [0.05, 0.1) is 12.6 Å². The van der Waals surface area contributed by atoms with Crippen LogP contribution >= 0.6 is 0 Å². The van der Waals surface area contributed by atoms with Crippen molar-refractivity contribution in [3.8, 4) is 0 Å². The van der Waals surface area contributed by atoms with Gasteiger partial charge in [-0.1, -0.05) is 20.3 Å². The van der Waals surface area contributed by atoms with E-state index in [9.17, 15) is 28.8 Å². The second kappa shape index (κ2) is 14.7. The zero-order valence-corrected chi connectivity index (χ0v) is 18.6. The minimum atomic E-state index is -1.64. The highest BCUT2D eigenvalue weighted by Crippen LogP contribution is 2.10. The number of carbonyl (C=O) groups excluding carboxylic acids is 4. The van der Waals surface area contributed by atoms with E-state index in [2.05, 4.69) is 10.6 Å². The van der Waals surface area contributed by atoms with Crippen LogP contribution < -0.4 is 27.4 Å². The minimum Gasteiger partial charge on any atom is -0.481 e. The van der Waals surface area contributed by atoms with Gasteiger partial charge in [0.2, 0.25) is 23.6 Å². The van der Waals surface area contributed by atoms with Gasteiger partial charge in [-0.3, -0.25) is 24.0 Å². The van der Waals surface area contributed by atoms with Gasteiger partial charge in [-0.05, 0) is 18.8 Å². The van der Waals surface area contributed by atoms with Crippen molar-refractivity contribution in [3.05, 3.63) is 0 Å². The van der Waals surface area contributed by atoms with Crippen LogP contribution in [0.1, 0.15) is 46.0 Å². The van der Waals surface area contributed by atoms with E-state index in [4.69, 9.17) is 26.8 Å². The second-order valence-electron chi connectivity index (χ2n) is 7.56. The van der Waals surface area contributed by atoms with Gasteiger partial charge in [0.25, 0.3) is 0 Å². The number of primary amides is 1. The quantitative estimate of drug-likeness (QED) is 0.112. The van der Waals surface area contributed by atoms with Crippen molar-refractivity contribution in [2.75, 3.05) is 6.61 Å². The lowest BCUT2D eigenvalue weighted by molar-refractivity contribution is -0.143. The first-order valence-electron chi connectivity index (χ1n) is 10.3. The summed E-state index contributed by atoms with van der Waals surface area (Å²) in [6, 6.07) is -5.36. The molecule has 10 N–H and O–H groups in total. The number of aliphatic hydroxyl groups is 1. The molecule has 188 valence electrons. The largest absolute Gasteiger partial charge is 0.481 e. The van der Waals surface area contributed by atoms with Crippen LogP contribution in [0.15, 0.2) is 0 Å². The Labute approximate surface area is 190 Å². The Hall–Kier alpha value is -3.26. The highest BCUT2D eigenvalue weighted by Gasteiger charge is 2.32. The highest BCUT2D eigenvalue weighted by atomic mass is 16.4. The third-order valence-corrected chi connectivity index (χ3v) is 4.91. The number of nitrogens with one attached hydrogen (secondary N) is 3. The van der Waals surface area contributed by atoms with Crippen LogP contribution in [0.4, 0.5) is 0 Å². The fourth-order valence-corrected chi connectivity index (χ4v) is 2.65. The number of carboxylic acid groups (broad SMARTS) is 2. The van der Waals surface area contributed by atoms with E-state index in [0.717, 1.165) is 0 Å². The van der Waals surface area contributed by atoms with E-state index < -0.39 is 72.3 Å². The molecule has 0 fully saturated rings. The summed E-state index contributed by atoms with van der Waals surface area (Å²) in [5.41, 5.74) is 10.8. The lowest BCUT2D eigenvalue weighted by Crippen LogP contribution is -2.59. The maximum atomic E-state index is 12.9. The maximum Gasteiger partial charge on any atom is 0.328 e. The fraction of sp³-hybridized carbons (Fsp3) is 0.684. The lowest BCUT2D eigenvalue weighted by Gasteiger charge is -2.27. The first-order chi connectivity index (χ1) is 15.3. The zero-order valence-electron chi connectivity index (χ0n) is 18.6. The van der Waals surface area contributed by atoms with E-state index >= 15 is 0 Å². The lowest BCUT2D eigenvalue weighted by atomic mass is 9.96. The third-order valence-electron chi connectivity index (χ3n) is 4.91. The van der Waals surface area contributed by atoms with E-state index in [-0.39, 0.29) is 25.7 Å². The normalized spacial score (nSPS) is 15.3. The number of hydrogen-bond donors (Lipinski definition) is 8. The molecule has 0 rings (SSSR count). The van der Waals surface area contributed by atoms with Crippen molar-refractivity contribution in [1.29, 1.82) is 0 Å². The van der Waals surface area contributed by atoms with Gasteiger partial charge in [0.15, 0.2) is 0 Å². The molecule has 0 aromatic rings. The van der Waals surface area contributed by atoms with Crippen molar-refractivity contribution >= 4 is 35.6 Å². The Kier molecular flexibility index (Phi) is 13.3. The van der Waals surface area contributed by atoms with Crippen LogP contribution in [0.2, 0.25) is 0 Å². The number of aliphatic carboxylic acids is 2. The molecule has 0 aliphatic rings. The monoisotopic (exact) mass is 475 g/mol. The number of carbonyl (C=O) groups is 6. The predicted octanol–water partition coefficient (Wildman–Crippen LogP) is -2.98. The summed E-state index contributed by atoms with van der Waals surface area (Å²) in [4.78, 5) is 70.6. The minimum absolute atomic E-state index is 0.155. The Balaban J connectivity index is 5.50. The number of nitrogens with two attached hydrogens (primary N) is 2. The molecular formula is C19H33N5O9. The van der Waals surface area contributed by atoms with E-state index in [0.29, 0.717) is 6.42 Å². The Morgan fingerprint density at radius 2 is 1.42 bits per heavy atom. The molecule has 0 aliphatic heterocycles. The van der Waals surface area contributed by atoms with Crippen molar-refractivity contribution in [1.82, 2.24) is 16.0 Å². The number of hydrogen-bond acceptors (Lipinski definition) is 8. The fourth-order valence-electron chi connectivity index (χ4n) is 2.65. The molecule has 0 bridgehead atoms. The molecule has 0 heterocycles. The molecule has 0 radical (unpaired) electrons. The third kappa shape index (κ3) is 11.2. The standard InChI is InChI=1S/C19H33N5O9/c1-3-9(2)15(24-16(29)10(20)4-7-14(27)28)18(31)22-11(5-6-13(21)26)17(30)23-12(8-25)19(32)33/h9-12,15,25H,3-8,20H2,1-2H3,(H2,21,26)(H,22,31)(H,23,30)(H,24,29)(H,27,28)(H,32,33). The number of aliphatic hydroxyl groups excluding tert-OH is 1. The highest BCUT2D eigenvalue weighted by molar-refractivity contribution is 5.94. The van der Waals surface area contributed by atoms with Crippen LogP contribution in [-0.4, -0.2) is 81.7 Å². The maximum absolute atomic E-state index is 12.9. The summed E-state index contributed by atoms with van der Waals surface area (Å²) in [5.74, 6) is -6.38. The molecule has 4 amide bonds. The molecule has 0 aliphatic carbocycles. The Bertz CT molecular complexity index is 730. The summed E-state index contributed by atoms with van der Waals surface area (Å²) >= 11 is 0. The molecule has 33 heavy (non-hydrogen) atoms. The molecule has 0 saturated heterocycles. The molecular weight excluding hydrogens is 442 g/mol. The van der Waals surface area contributed by atoms with Crippen molar-refractivity contribution in [3.63, 3.8) is 0 Å². The molecule has 14 nitrogen and oxygen atoms in total. The van der Waals surface area contributed by atoms with Gasteiger partial charge in [0, 0.05) is 12.8 Å². The van der Waals surface area contributed by atoms with Gasteiger partial charge in [-0.15, -0.1) is 0 Å². The topological polar surface area (TPSA) is 251 Å². The Morgan fingerprint density at radius 1 is 0.848 bits per heavy atom. The average Bonchev–Trinajstić information content (AvgIpc) is 2.75. The summed E-state index contributed by atoms with van der Waals surface area (Å²) in [5, 5.41) is 33.7. The SMILES string of the molecule is CCC(C)C(NC(=O)C(N)CCC(=O)O)C(=O)NC(CCC(N)=O)C(=O)NC(CO)C(=O)O. The van der Waals surface area contributed by atoms with Crippen LogP contribution in [0.5, 0.6) is 0 Å². The average molecular weight is 475 g/mol. The molecule has 0 aromatic carbocycles.